The summed E-state index contributed by atoms with van der Waals surface area (Å²) in [6.07, 6.45) is 5.64. The number of carbonyl (C=O) groups excluding carboxylic acids is 2. The number of nitrogens with zero attached hydrogens (tertiary/aromatic N) is 2. The first kappa shape index (κ1) is 20.0. The molecule has 0 saturated carbocycles. The van der Waals surface area contributed by atoms with Gasteiger partial charge in [0, 0.05) is 42.3 Å². The number of aromatic nitrogens is 2. The fraction of sp³-hybridized carbons (Fsp3) is 0.238. The normalized spacial score (nSPS) is 12.1. The third-order valence-corrected chi connectivity index (χ3v) is 4.24. The largest absolute Gasteiger partial charge is 0.384 e. The SMILES string of the molecule is C=C(/C=C(C)\C(=C/C)c1cc2cnc(N)cc2nc1C(=O)NC)C(=O)CC. The predicted octanol–water partition coefficient (Wildman–Crippen LogP) is 3.46. The van der Waals surface area contributed by atoms with Gasteiger partial charge in [-0.15, -0.1) is 0 Å². The van der Waals surface area contributed by atoms with Crippen LogP contribution in [-0.4, -0.2) is 28.7 Å². The number of rotatable bonds is 6. The molecule has 0 aliphatic rings. The van der Waals surface area contributed by atoms with Crippen LogP contribution in [-0.2, 0) is 4.79 Å². The van der Waals surface area contributed by atoms with Crippen LogP contribution in [0.4, 0.5) is 5.82 Å². The molecule has 140 valence electrons. The minimum absolute atomic E-state index is 0.0207. The van der Waals surface area contributed by atoms with Gasteiger partial charge in [0.25, 0.3) is 5.91 Å². The molecule has 0 atom stereocenters. The van der Waals surface area contributed by atoms with Crippen LogP contribution in [0.2, 0.25) is 0 Å². The van der Waals surface area contributed by atoms with E-state index in [4.69, 9.17) is 5.73 Å². The van der Waals surface area contributed by atoms with Crippen LogP contribution < -0.4 is 11.1 Å². The summed E-state index contributed by atoms with van der Waals surface area (Å²) in [6.45, 7) is 9.38. The van der Waals surface area contributed by atoms with Crippen LogP contribution in [0.25, 0.3) is 16.5 Å². The van der Waals surface area contributed by atoms with Gasteiger partial charge in [-0.25, -0.2) is 9.97 Å². The van der Waals surface area contributed by atoms with Crippen molar-refractivity contribution in [3.8, 4) is 0 Å². The molecule has 0 unspecified atom stereocenters. The Morgan fingerprint density at radius 1 is 1.33 bits per heavy atom. The maximum Gasteiger partial charge on any atom is 0.270 e. The van der Waals surface area contributed by atoms with Gasteiger partial charge < -0.3 is 11.1 Å². The molecule has 2 heterocycles. The van der Waals surface area contributed by atoms with Crippen LogP contribution in [0.15, 0.2) is 48.2 Å². The van der Waals surface area contributed by atoms with E-state index in [9.17, 15) is 9.59 Å². The van der Waals surface area contributed by atoms with Crippen LogP contribution in [0.1, 0.15) is 43.2 Å². The van der Waals surface area contributed by atoms with Crippen molar-refractivity contribution < 1.29 is 9.59 Å². The number of amides is 1. The van der Waals surface area contributed by atoms with Crippen molar-refractivity contribution in [1.82, 2.24) is 15.3 Å². The molecule has 0 saturated heterocycles. The van der Waals surface area contributed by atoms with Gasteiger partial charge in [0.05, 0.1) is 5.52 Å². The Kier molecular flexibility index (Phi) is 6.23. The number of Topliss-reactive ketones (excluding diaryl/α,β-unsaturated/α-hetero) is 1. The Morgan fingerprint density at radius 2 is 2.04 bits per heavy atom. The van der Waals surface area contributed by atoms with Crippen molar-refractivity contribution >= 4 is 34.0 Å². The van der Waals surface area contributed by atoms with E-state index in [1.165, 1.54) is 0 Å². The number of anilines is 1. The topological polar surface area (TPSA) is 98.0 Å². The zero-order valence-corrected chi connectivity index (χ0v) is 16.1. The van der Waals surface area contributed by atoms with E-state index in [0.29, 0.717) is 28.9 Å². The predicted molar refractivity (Wildman–Crippen MR) is 109 cm³/mol. The number of nitrogen functional groups attached to an aromatic ring is 1. The lowest BCUT2D eigenvalue weighted by Gasteiger charge is -2.14. The maximum absolute atomic E-state index is 12.4. The smallest absolute Gasteiger partial charge is 0.270 e. The van der Waals surface area contributed by atoms with Gasteiger partial charge in [-0.05, 0) is 37.1 Å². The molecule has 1 amide bonds. The van der Waals surface area contributed by atoms with Crippen molar-refractivity contribution in [3.05, 3.63) is 59.5 Å². The number of fused-ring (bicyclic) bond motifs is 1. The second kappa shape index (κ2) is 8.40. The highest BCUT2D eigenvalue weighted by molar-refractivity contribution is 6.03. The Balaban J connectivity index is 2.67. The van der Waals surface area contributed by atoms with Gasteiger partial charge >= 0.3 is 0 Å². The van der Waals surface area contributed by atoms with Crippen LogP contribution >= 0.6 is 0 Å². The molecule has 0 fully saturated rings. The Morgan fingerprint density at radius 3 is 2.63 bits per heavy atom. The molecule has 6 nitrogen and oxygen atoms in total. The second-order valence-electron chi connectivity index (χ2n) is 6.10. The molecule has 27 heavy (non-hydrogen) atoms. The number of nitrogens with one attached hydrogen (secondary N) is 1. The molecule has 2 rings (SSSR count). The van der Waals surface area contributed by atoms with Crippen molar-refractivity contribution in [3.63, 3.8) is 0 Å². The lowest BCUT2D eigenvalue weighted by atomic mass is 9.93. The molecule has 2 aromatic heterocycles. The van der Waals surface area contributed by atoms with Gasteiger partial charge in [0.2, 0.25) is 0 Å². The summed E-state index contributed by atoms with van der Waals surface area (Å²) in [5, 5.41) is 3.39. The van der Waals surface area contributed by atoms with Gasteiger partial charge in [-0.3, -0.25) is 9.59 Å². The number of pyridine rings is 2. The van der Waals surface area contributed by atoms with Gasteiger partial charge in [0.1, 0.15) is 11.5 Å². The number of carbonyl (C=O) groups is 2. The summed E-state index contributed by atoms with van der Waals surface area (Å²) in [5.74, 6) is 0.00727. The highest BCUT2D eigenvalue weighted by Crippen LogP contribution is 2.29. The first-order chi connectivity index (χ1) is 12.8. The summed E-state index contributed by atoms with van der Waals surface area (Å²) >= 11 is 0. The van der Waals surface area contributed by atoms with Crippen molar-refractivity contribution in [2.24, 2.45) is 0 Å². The van der Waals surface area contributed by atoms with Crippen LogP contribution in [0.5, 0.6) is 0 Å². The number of hydrogen-bond donors (Lipinski definition) is 2. The van der Waals surface area contributed by atoms with E-state index in [1.807, 2.05) is 26.0 Å². The van der Waals surface area contributed by atoms with E-state index >= 15 is 0 Å². The van der Waals surface area contributed by atoms with E-state index < -0.39 is 0 Å². The lowest BCUT2D eigenvalue weighted by molar-refractivity contribution is -0.114. The number of allylic oxidation sites excluding steroid dienone is 5. The highest BCUT2D eigenvalue weighted by Gasteiger charge is 2.18. The van der Waals surface area contributed by atoms with Gasteiger partial charge in [0.15, 0.2) is 5.78 Å². The molecule has 0 aromatic carbocycles. The first-order valence-electron chi connectivity index (χ1n) is 8.68. The second-order valence-corrected chi connectivity index (χ2v) is 6.10. The molecule has 3 N–H and O–H groups in total. The minimum atomic E-state index is -0.308. The summed E-state index contributed by atoms with van der Waals surface area (Å²) < 4.78 is 0. The van der Waals surface area contributed by atoms with E-state index in [0.717, 1.165) is 16.5 Å². The molecule has 0 radical (unpaired) electrons. The van der Waals surface area contributed by atoms with Crippen molar-refractivity contribution in [1.29, 1.82) is 0 Å². The Hall–Kier alpha value is -3.28. The molecule has 6 heteroatoms. The Labute approximate surface area is 158 Å². The zero-order valence-electron chi connectivity index (χ0n) is 16.1. The van der Waals surface area contributed by atoms with Crippen molar-refractivity contribution in [2.45, 2.75) is 27.2 Å². The maximum atomic E-state index is 12.4. The quantitative estimate of drug-likeness (QED) is 0.604. The van der Waals surface area contributed by atoms with E-state index in [-0.39, 0.29) is 17.4 Å². The summed E-state index contributed by atoms with van der Waals surface area (Å²) in [7, 11) is 1.55. The molecule has 0 aliphatic heterocycles. The van der Waals surface area contributed by atoms with E-state index in [2.05, 4.69) is 21.9 Å². The summed E-state index contributed by atoms with van der Waals surface area (Å²) in [5.41, 5.74) is 9.31. The molecule has 0 bridgehead atoms. The van der Waals surface area contributed by atoms with E-state index in [1.54, 1.807) is 32.3 Å². The third-order valence-electron chi connectivity index (χ3n) is 4.24. The minimum Gasteiger partial charge on any atom is -0.384 e. The summed E-state index contributed by atoms with van der Waals surface area (Å²) in [4.78, 5) is 32.9. The first-order valence-corrected chi connectivity index (χ1v) is 8.68. The number of ketones is 1. The zero-order chi connectivity index (χ0) is 20.1. The fourth-order valence-electron chi connectivity index (χ4n) is 2.82. The molecule has 0 spiro atoms. The molecular formula is C21H24N4O2. The lowest BCUT2D eigenvalue weighted by Crippen LogP contribution is -2.21. The average Bonchev–Trinajstić information content (AvgIpc) is 2.66. The fourth-order valence-corrected chi connectivity index (χ4v) is 2.82. The molecular weight excluding hydrogens is 340 g/mol. The number of hydrogen-bond acceptors (Lipinski definition) is 5. The van der Waals surface area contributed by atoms with Gasteiger partial charge in [-0.1, -0.05) is 19.6 Å². The number of nitrogens with two attached hydrogens (primary N) is 1. The standard InChI is InChI=1S/C21H24N4O2/c1-6-15(12(3)8-13(4)18(26)7-2)16-9-14-11-24-19(22)10-17(14)25-20(16)21(27)23-5/h6,8-11H,4,7H2,1-3,5H3,(H2,22,24)(H,23,27)/b12-8-,15-6+. The van der Waals surface area contributed by atoms with Crippen molar-refractivity contribution in [2.75, 3.05) is 12.8 Å². The van der Waals surface area contributed by atoms with Gasteiger partial charge in [-0.2, -0.15) is 0 Å². The third kappa shape index (κ3) is 4.28. The monoisotopic (exact) mass is 364 g/mol. The summed E-state index contributed by atoms with van der Waals surface area (Å²) in [6, 6.07) is 3.49. The molecule has 0 aliphatic carbocycles. The van der Waals surface area contributed by atoms with Crippen LogP contribution in [0.3, 0.4) is 0 Å². The molecule has 2 aromatic rings. The average molecular weight is 364 g/mol. The van der Waals surface area contributed by atoms with Crippen LogP contribution in [0, 0.1) is 0 Å². The highest BCUT2D eigenvalue weighted by atomic mass is 16.1. The Bertz CT molecular complexity index is 987.